The third kappa shape index (κ3) is 10.6. The van der Waals surface area contributed by atoms with Gasteiger partial charge in [-0.15, -0.1) is 0 Å². The molecule has 0 radical (unpaired) electrons. The summed E-state index contributed by atoms with van der Waals surface area (Å²) in [6.45, 7) is 11.1. The fourth-order valence-electron chi connectivity index (χ4n) is 9.25. The Morgan fingerprint density at radius 3 is 2.57 bits per heavy atom. The van der Waals surface area contributed by atoms with Gasteiger partial charge in [0.25, 0.3) is 5.91 Å². The van der Waals surface area contributed by atoms with E-state index >= 15 is 13.2 Å². The molecule has 65 heavy (non-hydrogen) atoms. The minimum Gasteiger partial charge on any atom is -0.593 e. The van der Waals surface area contributed by atoms with Gasteiger partial charge in [0.15, 0.2) is 11.4 Å². The number of pyridine rings is 1. The number of benzene rings is 1. The van der Waals surface area contributed by atoms with Crippen molar-refractivity contribution in [2.45, 2.75) is 132 Å². The van der Waals surface area contributed by atoms with Crippen molar-refractivity contribution in [1.82, 2.24) is 30.1 Å². The number of nitrogens with zero attached hydrogens (tertiary/aromatic N) is 3. The van der Waals surface area contributed by atoms with E-state index in [4.69, 9.17) is 18.9 Å². The van der Waals surface area contributed by atoms with Crippen LogP contribution < -0.4 is 24.8 Å². The van der Waals surface area contributed by atoms with Crippen molar-refractivity contribution in [3.63, 3.8) is 0 Å². The van der Waals surface area contributed by atoms with Crippen LogP contribution in [0.25, 0.3) is 10.9 Å². The van der Waals surface area contributed by atoms with Gasteiger partial charge in [-0.05, 0) is 69.1 Å². The summed E-state index contributed by atoms with van der Waals surface area (Å²) in [5.41, 5.74) is -4.15. The zero-order chi connectivity index (χ0) is 46.4. The van der Waals surface area contributed by atoms with Gasteiger partial charge in [-0.3, -0.25) is 19.3 Å². The van der Waals surface area contributed by atoms with E-state index in [2.05, 4.69) is 25.2 Å². The second kappa shape index (κ2) is 18.4. The third-order valence-corrected chi connectivity index (χ3v) is 15.2. The van der Waals surface area contributed by atoms with Crippen LogP contribution in [0.4, 0.5) is 18.0 Å². The van der Waals surface area contributed by atoms with Crippen molar-refractivity contribution in [3.05, 3.63) is 41.6 Å². The first-order valence-electron chi connectivity index (χ1n) is 22.9. The molecule has 1 aromatic carbocycles. The molecule has 2 aromatic rings. The molecule has 0 unspecified atom stereocenters. The maximum atomic E-state index is 15.0. The Labute approximate surface area is 380 Å². The number of fused-ring (bicyclic) bond motifs is 5. The van der Waals surface area contributed by atoms with Gasteiger partial charge in [0.1, 0.15) is 40.3 Å². The van der Waals surface area contributed by atoms with Crippen LogP contribution in [-0.2, 0) is 47.8 Å². The molecule has 6 aliphatic rings. The molecule has 15 nitrogen and oxygen atoms in total. The highest BCUT2D eigenvalue weighted by Gasteiger charge is 2.64. The second-order valence-corrected chi connectivity index (χ2v) is 21.8. The van der Waals surface area contributed by atoms with Gasteiger partial charge < -0.3 is 39.0 Å². The maximum absolute atomic E-state index is 15.0. The van der Waals surface area contributed by atoms with E-state index in [9.17, 15) is 23.7 Å². The lowest BCUT2D eigenvalue weighted by Gasteiger charge is -2.37. The molecular weight excluding hydrogens is 870 g/mol. The Bertz CT molecular complexity index is 2180. The van der Waals surface area contributed by atoms with E-state index in [0.29, 0.717) is 69.6 Å². The average molecular weight is 931 g/mol. The number of alkyl halides is 3. The lowest BCUT2D eigenvalue weighted by Crippen LogP contribution is -2.58. The summed E-state index contributed by atoms with van der Waals surface area (Å²) in [6, 6.07) is 2.31. The van der Waals surface area contributed by atoms with Gasteiger partial charge in [0.05, 0.1) is 43.2 Å². The number of morpholine rings is 1. The van der Waals surface area contributed by atoms with Crippen LogP contribution in [0.1, 0.15) is 103 Å². The van der Waals surface area contributed by atoms with Crippen molar-refractivity contribution >= 4 is 46.1 Å². The van der Waals surface area contributed by atoms with Gasteiger partial charge in [0.2, 0.25) is 11.8 Å². The summed E-state index contributed by atoms with van der Waals surface area (Å²) in [5, 5.41) is 6.09. The number of aryl methyl sites for hydroxylation is 1. The van der Waals surface area contributed by atoms with E-state index in [-0.39, 0.29) is 61.8 Å². The van der Waals surface area contributed by atoms with Crippen molar-refractivity contribution in [3.8, 4) is 11.5 Å². The first-order valence-corrected chi connectivity index (χ1v) is 24.0. The molecule has 19 heteroatoms. The lowest BCUT2D eigenvalue weighted by atomic mass is 9.87. The Morgan fingerprint density at radius 1 is 1.08 bits per heavy atom. The Kier molecular flexibility index (Phi) is 13.3. The smallest absolute Gasteiger partial charge is 0.437 e. The van der Waals surface area contributed by atoms with Gasteiger partial charge in [-0.25, -0.2) is 9.78 Å². The van der Waals surface area contributed by atoms with Gasteiger partial charge in [-0.1, -0.05) is 45.8 Å². The number of carbonyl (C=O) groups is 4. The predicted octanol–water partition coefficient (Wildman–Crippen LogP) is 5.50. The van der Waals surface area contributed by atoms with E-state index in [1.54, 1.807) is 12.1 Å². The number of hydrogen-bond acceptors (Lipinski definition) is 11. The molecule has 4 amide bonds. The summed E-state index contributed by atoms with van der Waals surface area (Å²) in [6.07, 6.45) is 2.56. The molecule has 5 heterocycles. The predicted molar refractivity (Wildman–Crippen MR) is 234 cm³/mol. The van der Waals surface area contributed by atoms with Crippen molar-refractivity contribution in [2.75, 3.05) is 52.6 Å². The van der Waals surface area contributed by atoms with Crippen molar-refractivity contribution < 1.29 is 55.8 Å². The maximum Gasteiger partial charge on any atom is 0.437 e. The summed E-state index contributed by atoms with van der Waals surface area (Å²) >= 11 is -1.71. The van der Waals surface area contributed by atoms with Crippen LogP contribution in [0.15, 0.2) is 30.4 Å². The Balaban J connectivity index is 1.11. The fraction of sp³-hybridized carbons (Fsp3) is 0.674. The molecular formula is C46H61F3N6O9S. The molecule has 356 valence electrons. The first kappa shape index (κ1) is 47.2. The van der Waals surface area contributed by atoms with Crippen LogP contribution in [0.5, 0.6) is 11.5 Å². The molecule has 3 N–H and O–H groups in total. The standard InChI is InChI=1S/C46H61F3N6O9S/c1-42(2,3)28-63-41(59)51-34-11-9-7-5-6-8-10-29-25-45(29,40(58)53-65(60)43(4)16-17-43)52-38(56)35-26-44(27-55(35)39(34)57)15-14-31-32-24-30(62-23-20-54-18-21-61-22-19-54)12-13-33(32)50-37(36(31)64-44)46(47,48)49/h8,10,12-13,24,29,34-35H,5-7,9,11,14-23,25-28H2,1-4H3,(H,51,59)(H,52,56)(H,53,58)/b10-8-/t29-,34+,35+,44-,45-,65-/m1/s1. The number of nitrogens with one attached hydrogen (secondary N) is 3. The molecule has 4 aliphatic heterocycles. The van der Waals surface area contributed by atoms with E-state index in [1.807, 2.05) is 39.8 Å². The summed E-state index contributed by atoms with van der Waals surface area (Å²) in [4.78, 5) is 64.5. The number of alkyl carbamates (subject to hydrolysis) is 1. The molecule has 8 rings (SSSR count). The SMILES string of the molecule is CC(C)(C)COC(=O)N[C@H]1CCCCC/C=C\[C@@H]2C[C@@]2(C(=O)N[S@+]([O-])C2(C)CC2)NC(=O)[C@@H]2C[C@]3(CCc4c(c(C(F)(F)F)nc5ccc(OCCN6CCOCC6)cc45)O3)CN2C1=O. The normalized spacial score (nSPS) is 29.2. The second-order valence-electron chi connectivity index (χ2n) is 20.0. The largest absolute Gasteiger partial charge is 0.593 e. The summed E-state index contributed by atoms with van der Waals surface area (Å²) in [7, 11) is 0. The minimum atomic E-state index is -4.92. The Morgan fingerprint density at radius 2 is 1.85 bits per heavy atom. The van der Waals surface area contributed by atoms with Crippen LogP contribution in [0.2, 0.25) is 0 Å². The zero-order valence-electron chi connectivity index (χ0n) is 37.6. The first-order chi connectivity index (χ1) is 30.8. The summed E-state index contributed by atoms with van der Waals surface area (Å²) in [5.74, 6) is -2.39. The molecule has 2 saturated heterocycles. The minimum absolute atomic E-state index is 0.0682. The Hall–Kier alpha value is -4.33. The molecule has 6 atom stereocenters. The highest BCUT2D eigenvalue weighted by Crippen LogP contribution is 2.50. The lowest BCUT2D eigenvalue weighted by molar-refractivity contribution is -0.144. The van der Waals surface area contributed by atoms with Crippen LogP contribution in [0.3, 0.4) is 0 Å². The van der Waals surface area contributed by atoms with E-state index < -0.39 is 86.7 Å². The fourth-order valence-corrected chi connectivity index (χ4v) is 10.3. The van der Waals surface area contributed by atoms with Gasteiger partial charge in [-0.2, -0.15) is 17.9 Å². The summed E-state index contributed by atoms with van der Waals surface area (Å²) < 4.78 is 83.8. The molecule has 1 spiro atoms. The van der Waals surface area contributed by atoms with E-state index in [0.717, 1.165) is 19.5 Å². The monoisotopic (exact) mass is 930 g/mol. The van der Waals surface area contributed by atoms with Crippen LogP contribution in [0, 0.1) is 11.3 Å². The highest BCUT2D eigenvalue weighted by atomic mass is 32.2. The molecule has 2 aliphatic carbocycles. The average Bonchev–Trinajstić information content (AvgIpc) is 4.15. The van der Waals surface area contributed by atoms with Crippen molar-refractivity contribution in [2.24, 2.45) is 11.3 Å². The number of carbonyl (C=O) groups excluding carboxylic acids is 4. The van der Waals surface area contributed by atoms with Gasteiger partial charge >= 0.3 is 12.3 Å². The number of allylic oxidation sites excluding steroid dienone is 1. The highest BCUT2D eigenvalue weighted by molar-refractivity contribution is 7.91. The van der Waals surface area contributed by atoms with Crippen LogP contribution in [-0.4, -0.2) is 124 Å². The quantitative estimate of drug-likeness (QED) is 0.213. The third-order valence-electron chi connectivity index (χ3n) is 13.5. The zero-order valence-corrected chi connectivity index (χ0v) is 38.4. The topological polar surface area (TPSA) is 184 Å². The number of halogens is 3. The van der Waals surface area contributed by atoms with E-state index in [1.165, 1.54) is 11.0 Å². The number of ether oxygens (including phenoxy) is 4. The van der Waals surface area contributed by atoms with Crippen molar-refractivity contribution in [1.29, 1.82) is 0 Å². The van der Waals surface area contributed by atoms with Gasteiger partial charge in [0, 0.05) is 55.8 Å². The number of amides is 4. The molecule has 2 saturated carbocycles. The van der Waals surface area contributed by atoms with Crippen LogP contribution >= 0.6 is 0 Å². The number of aromatic nitrogens is 1. The molecule has 4 fully saturated rings. The molecule has 0 bridgehead atoms. The number of rotatable bonds is 9. The molecule has 1 aromatic heterocycles. The number of hydrogen-bond donors (Lipinski definition) is 3.